The molecule has 34 heavy (non-hydrogen) atoms. The van der Waals surface area contributed by atoms with Gasteiger partial charge in [0.15, 0.2) is 9.34 Å². The molecule has 4 aromatic rings. The molecule has 0 aliphatic rings. The minimum Gasteiger partial charge on any atom is -0.443 e. The van der Waals surface area contributed by atoms with Crippen molar-refractivity contribution < 1.29 is 26.0 Å². The smallest absolute Gasteiger partial charge is 0.295 e. The Morgan fingerprint density at radius 3 is 2.41 bits per heavy atom. The summed E-state index contributed by atoms with van der Waals surface area (Å²) in [6.45, 7) is 2.75. The van der Waals surface area contributed by atoms with E-state index in [1.165, 1.54) is 38.1 Å². The third kappa shape index (κ3) is 5.01. The fourth-order valence-corrected chi connectivity index (χ4v) is 6.76. The van der Waals surface area contributed by atoms with E-state index in [1.54, 1.807) is 24.3 Å². The Bertz CT molecular complexity index is 1590. The van der Waals surface area contributed by atoms with Crippen LogP contribution in [0.25, 0.3) is 11.0 Å². The normalized spacial score (nSPS) is 12.0. The van der Waals surface area contributed by atoms with Crippen LogP contribution < -0.4 is 14.8 Å². The van der Waals surface area contributed by atoms with Gasteiger partial charge in [-0.25, -0.2) is 13.4 Å². The molecule has 0 bridgehead atoms. The van der Waals surface area contributed by atoms with Crippen LogP contribution in [-0.4, -0.2) is 27.7 Å². The van der Waals surface area contributed by atoms with E-state index in [9.17, 15) is 21.6 Å². The number of anilines is 3. The molecule has 0 atom stereocenters. The number of halogens is 1. The van der Waals surface area contributed by atoms with Gasteiger partial charge in [0.2, 0.25) is 11.0 Å². The van der Waals surface area contributed by atoms with Crippen molar-refractivity contribution in [3.05, 3.63) is 59.2 Å². The Hall–Kier alpha value is -3.13. The zero-order chi connectivity index (χ0) is 24.7. The summed E-state index contributed by atoms with van der Waals surface area (Å²) in [6, 6.07) is 12.1. The number of rotatable bonds is 7. The molecule has 0 radical (unpaired) electrons. The highest BCUT2D eigenvalue weighted by atomic mass is 35.5. The third-order valence-electron chi connectivity index (χ3n) is 4.42. The van der Waals surface area contributed by atoms with Gasteiger partial charge in [0.1, 0.15) is 5.58 Å². The fraction of sp³-hybridized carbons (Fsp3) is 0.100. The van der Waals surface area contributed by atoms with E-state index in [0.29, 0.717) is 11.0 Å². The van der Waals surface area contributed by atoms with Crippen LogP contribution in [-0.2, 0) is 24.8 Å². The summed E-state index contributed by atoms with van der Waals surface area (Å²) in [7, 11) is -8.40. The quantitative estimate of drug-likeness (QED) is 0.314. The van der Waals surface area contributed by atoms with Crippen molar-refractivity contribution in [1.82, 2.24) is 4.98 Å². The van der Waals surface area contributed by atoms with Crippen LogP contribution in [0.1, 0.15) is 12.6 Å². The molecule has 0 unspecified atom stereocenters. The lowest BCUT2D eigenvalue weighted by molar-refractivity contribution is -0.114. The monoisotopic (exact) mass is 540 g/mol. The molecule has 2 heterocycles. The lowest BCUT2D eigenvalue weighted by Gasteiger charge is -2.14. The maximum atomic E-state index is 13.0. The number of aromatic nitrogens is 1. The number of amides is 1. The molecule has 10 nitrogen and oxygen atoms in total. The first kappa shape index (κ1) is 24.0. The van der Waals surface area contributed by atoms with Crippen LogP contribution in [0, 0.1) is 6.92 Å². The van der Waals surface area contributed by atoms with Crippen molar-refractivity contribution in [3.63, 3.8) is 0 Å². The molecule has 0 saturated carbocycles. The van der Waals surface area contributed by atoms with Gasteiger partial charge in [0.25, 0.3) is 20.0 Å². The van der Waals surface area contributed by atoms with E-state index >= 15 is 0 Å². The topological polar surface area (TPSA) is 147 Å². The number of thiazole rings is 1. The number of hydrogen-bond donors (Lipinski definition) is 3. The van der Waals surface area contributed by atoms with Crippen molar-refractivity contribution >= 4 is 76.4 Å². The predicted octanol–water partition coefficient (Wildman–Crippen LogP) is 4.41. The number of sulfonamides is 2. The Kier molecular flexibility index (Phi) is 6.29. The Balaban J connectivity index is 1.67. The van der Waals surface area contributed by atoms with Crippen LogP contribution in [0.5, 0.6) is 0 Å². The van der Waals surface area contributed by atoms with Crippen LogP contribution in [0.4, 0.5) is 16.5 Å². The van der Waals surface area contributed by atoms with E-state index in [1.807, 2.05) is 0 Å². The fourth-order valence-electron chi connectivity index (χ4n) is 3.00. The lowest BCUT2D eigenvalue weighted by atomic mass is 10.3. The molecule has 2 aromatic heterocycles. The Labute approximate surface area is 204 Å². The number of benzene rings is 2. The summed E-state index contributed by atoms with van der Waals surface area (Å²) >= 11 is 6.80. The van der Waals surface area contributed by atoms with Crippen LogP contribution in [0.2, 0.25) is 5.02 Å². The van der Waals surface area contributed by atoms with Gasteiger partial charge in [0.05, 0.1) is 17.1 Å². The number of fused-ring (bicyclic) bond motifs is 1. The number of hydrogen-bond acceptors (Lipinski definition) is 8. The maximum absolute atomic E-state index is 13.0. The van der Waals surface area contributed by atoms with Crippen LogP contribution in [0.3, 0.4) is 0 Å². The van der Waals surface area contributed by atoms with Gasteiger partial charge >= 0.3 is 0 Å². The van der Waals surface area contributed by atoms with E-state index in [2.05, 4.69) is 19.7 Å². The van der Waals surface area contributed by atoms with Gasteiger partial charge in [-0.15, -0.1) is 0 Å². The molecule has 0 spiro atoms. The van der Waals surface area contributed by atoms with E-state index in [0.717, 1.165) is 11.3 Å². The first-order valence-corrected chi connectivity index (χ1v) is 13.7. The predicted molar refractivity (Wildman–Crippen MR) is 130 cm³/mol. The average molecular weight is 541 g/mol. The number of nitrogens with zero attached hydrogens (tertiary/aromatic N) is 1. The summed E-state index contributed by atoms with van der Waals surface area (Å²) < 4.78 is 61.9. The molecule has 178 valence electrons. The van der Waals surface area contributed by atoms with Crippen LogP contribution >= 0.6 is 22.9 Å². The van der Waals surface area contributed by atoms with Crippen molar-refractivity contribution in [2.24, 2.45) is 0 Å². The number of aryl methyl sites for hydroxylation is 1. The largest absolute Gasteiger partial charge is 0.443 e. The average Bonchev–Trinajstić information content (AvgIpc) is 3.33. The molecule has 4 rings (SSSR count). The van der Waals surface area contributed by atoms with E-state index in [4.69, 9.17) is 16.0 Å². The van der Waals surface area contributed by atoms with Crippen molar-refractivity contribution in [1.29, 1.82) is 0 Å². The summed E-state index contributed by atoms with van der Waals surface area (Å²) in [5.41, 5.74) is 0.365. The van der Waals surface area contributed by atoms with Gasteiger partial charge in [0, 0.05) is 23.4 Å². The molecule has 14 heteroatoms. The molecular formula is C20H17ClN4O6S3. The standard InChI is InChI=1S/C20H17ClN4O6S3/c1-11-19(32-20(22-11)23-12(2)26)34(29,30)24-15-8-7-14(21)10-16(15)25-33(27,28)18-9-13-5-3-4-6-17(13)31-18/h3-10,24-25H,1-2H3,(H,22,23,26). The zero-order valence-corrected chi connectivity index (χ0v) is 20.8. The molecule has 2 aromatic carbocycles. The Morgan fingerprint density at radius 1 is 1.00 bits per heavy atom. The summed E-state index contributed by atoms with van der Waals surface area (Å²) in [4.78, 5) is 15.3. The molecule has 0 aliphatic carbocycles. The highest BCUT2D eigenvalue weighted by Crippen LogP contribution is 2.34. The summed E-state index contributed by atoms with van der Waals surface area (Å²) in [5.74, 6) is -0.398. The first-order valence-electron chi connectivity index (χ1n) is 9.53. The number of carbonyl (C=O) groups excluding carboxylic acids is 1. The van der Waals surface area contributed by atoms with Gasteiger partial charge < -0.3 is 9.73 Å². The molecule has 3 N–H and O–H groups in total. The molecular weight excluding hydrogens is 524 g/mol. The lowest BCUT2D eigenvalue weighted by Crippen LogP contribution is -2.17. The highest BCUT2D eigenvalue weighted by Gasteiger charge is 2.26. The summed E-state index contributed by atoms with van der Waals surface area (Å²) in [5, 5.41) is 2.97. The van der Waals surface area contributed by atoms with Crippen molar-refractivity contribution in [2.45, 2.75) is 23.1 Å². The number of carbonyl (C=O) groups is 1. The van der Waals surface area contributed by atoms with Crippen LogP contribution in [0.15, 0.2) is 62.2 Å². The minimum absolute atomic E-state index is 0.0713. The summed E-state index contributed by atoms with van der Waals surface area (Å²) in [6.07, 6.45) is 0. The SMILES string of the molecule is CC(=O)Nc1nc(C)c(S(=O)(=O)Nc2ccc(Cl)cc2NS(=O)(=O)c2cc3ccccc3o2)s1. The zero-order valence-electron chi connectivity index (χ0n) is 17.6. The van der Waals surface area contributed by atoms with Gasteiger partial charge in [-0.05, 0) is 31.2 Å². The minimum atomic E-state index is -4.22. The Morgan fingerprint density at radius 2 is 1.71 bits per heavy atom. The number of furan rings is 1. The number of nitrogens with one attached hydrogen (secondary N) is 3. The van der Waals surface area contributed by atoms with Crippen molar-refractivity contribution in [2.75, 3.05) is 14.8 Å². The van der Waals surface area contributed by atoms with E-state index < -0.39 is 26.0 Å². The molecule has 1 amide bonds. The maximum Gasteiger partial charge on any atom is 0.295 e. The van der Waals surface area contributed by atoms with Gasteiger partial charge in [-0.3, -0.25) is 14.2 Å². The number of para-hydroxylation sites is 1. The van der Waals surface area contributed by atoms with Gasteiger partial charge in [-0.2, -0.15) is 8.42 Å². The second kappa shape index (κ2) is 8.91. The van der Waals surface area contributed by atoms with E-state index in [-0.39, 0.29) is 36.5 Å². The molecule has 0 saturated heterocycles. The van der Waals surface area contributed by atoms with Crippen molar-refractivity contribution in [3.8, 4) is 0 Å². The molecule has 0 aliphatic heterocycles. The van der Waals surface area contributed by atoms with Gasteiger partial charge in [-0.1, -0.05) is 41.1 Å². The third-order valence-corrected chi connectivity index (χ3v) is 8.92. The first-order chi connectivity index (χ1) is 15.9. The second-order valence-electron chi connectivity index (χ2n) is 7.08. The molecule has 0 fully saturated rings. The second-order valence-corrected chi connectivity index (χ2v) is 12.0. The highest BCUT2D eigenvalue weighted by molar-refractivity contribution is 7.95.